The number of primary amides is 1. The molecule has 1 aliphatic rings. The number of nitrogens with zero attached hydrogens (tertiary/aromatic N) is 3. The van der Waals surface area contributed by atoms with E-state index in [1.165, 1.54) is 0 Å². The summed E-state index contributed by atoms with van der Waals surface area (Å²) < 4.78 is 1.91. The molecule has 1 aliphatic heterocycles. The van der Waals surface area contributed by atoms with Crippen molar-refractivity contribution in [1.29, 1.82) is 0 Å². The van der Waals surface area contributed by atoms with Crippen molar-refractivity contribution in [2.24, 2.45) is 5.73 Å². The first-order valence-electron chi connectivity index (χ1n) is 5.46. The summed E-state index contributed by atoms with van der Waals surface area (Å²) in [5.74, 6) is 0.293. The number of anilines is 1. The zero-order valence-electron chi connectivity index (χ0n) is 9.17. The van der Waals surface area contributed by atoms with Gasteiger partial charge in [0.05, 0.1) is 12.6 Å². The summed E-state index contributed by atoms with van der Waals surface area (Å²) in [5.41, 5.74) is 10.7. The molecule has 0 saturated carbocycles. The van der Waals surface area contributed by atoms with Crippen molar-refractivity contribution >= 4 is 11.7 Å². The highest BCUT2D eigenvalue weighted by Crippen LogP contribution is 2.21. The molecule has 1 saturated heterocycles. The number of piperidine rings is 1. The molecule has 0 aliphatic carbocycles. The van der Waals surface area contributed by atoms with Crippen molar-refractivity contribution in [3.05, 3.63) is 12.3 Å². The topological polar surface area (TPSA) is 90.2 Å². The van der Waals surface area contributed by atoms with E-state index in [2.05, 4.69) is 10.00 Å². The standard InChI is InChI=1S/C10H17N5O/c11-9-3-6-15(13-9)8-1-4-14(5-2-8)7-10(12)16/h3,6,8H,1-2,4-5,7H2,(H2,11,13)(H2,12,16). The fourth-order valence-corrected chi connectivity index (χ4v) is 2.12. The average Bonchev–Trinajstić information content (AvgIpc) is 2.65. The minimum atomic E-state index is -0.262. The van der Waals surface area contributed by atoms with Crippen LogP contribution in [-0.2, 0) is 4.79 Å². The molecular weight excluding hydrogens is 206 g/mol. The summed E-state index contributed by atoms with van der Waals surface area (Å²) in [6.07, 6.45) is 3.87. The van der Waals surface area contributed by atoms with Gasteiger partial charge in [-0.25, -0.2) is 0 Å². The number of nitrogen functional groups attached to an aromatic ring is 1. The van der Waals surface area contributed by atoms with Gasteiger partial charge in [0.2, 0.25) is 5.91 Å². The maximum absolute atomic E-state index is 10.8. The van der Waals surface area contributed by atoms with Gasteiger partial charge in [0.1, 0.15) is 5.82 Å². The Morgan fingerprint density at radius 2 is 2.19 bits per heavy atom. The fraction of sp³-hybridized carbons (Fsp3) is 0.600. The number of nitrogens with two attached hydrogens (primary N) is 2. The Kier molecular flexibility index (Phi) is 3.09. The van der Waals surface area contributed by atoms with Crippen LogP contribution in [0.3, 0.4) is 0 Å². The zero-order chi connectivity index (χ0) is 11.5. The molecule has 6 heteroatoms. The maximum Gasteiger partial charge on any atom is 0.231 e. The minimum Gasteiger partial charge on any atom is -0.382 e. The van der Waals surface area contributed by atoms with E-state index in [9.17, 15) is 4.79 Å². The van der Waals surface area contributed by atoms with Crippen molar-refractivity contribution in [3.8, 4) is 0 Å². The van der Waals surface area contributed by atoms with Gasteiger partial charge >= 0.3 is 0 Å². The van der Waals surface area contributed by atoms with Gasteiger partial charge in [-0.2, -0.15) is 5.10 Å². The van der Waals surface area contributed by atoms with Gasteiger partial charge in [-0.15, -0.1) is 0 Å². The number of hydrogen-bond donors (Lipinski definition) is 2. The number of carbonyl (C=O) groups is 1. The lowest BCUT2D eigenvalue weighted by molar-refractivity contribution is -0.119. The van der Waals surface area contributed by atoms with Crippen LogP contribution >= 0.6 is 0 Å². The van der Waals surface area contributed by atoms with Crippen LogP contribution in [-0.4, -0.2) is 40.2 Å². The number of aromatic nitrogens is 2. The van der Waals surface area contributed by atoms with Crippen molar-refractivity contribution in [2.75, 3.05) is 25.4 Å². The Bertz CT molecular complexity index is 367. The third-order valence-electron chi connectivity index (χ3n) is 2.94. The molecule has 0 aromatic carbocycles. The van der Waals surface area contributed by atoms with Gasteiger partial charge in [-0.05, 0) is 18.9 Å². The van der Waals surface area contributed by atoms with E-state index >= 15 is 0 Å². The van der Waals surface area contributed by atoms with Crippen molar-refractivity contribution in [3.63, 3.8) is 0 Å². The van der Waals surface area contributed by atoms with Crippen molar-refractivity contribution in [1.82, 2.24) is 14.7 Å². The molecule has 1 amide bonds. The first kappa shape index (κ1) is 10.9. The van der Waals surface area contributed by atoms with Gasteiger partial charge in [0.25, 0.3) is 0 Å². The largest absolute Gasteiger partial charge is 0.382 e. The third kappa shape index (κ3) is 2.52. The second-order valence-corrected chi connectivity index (χ2v) is 4.19. The highest BCUT2D eigenvalue weighted by atomic mass is 16.1. The Morgan fingerprint density at radius 3 is 2.69 bits per heavy atom. The summed E-state index contributed by atoms with van der Waals surface area (Å²) in [6.45, 7) is 2.12. The second kappa shape index (κ2) is 4.52. The molecule has 0 unspecified atom stereocenters. The van der Waals surface area contributed by atoms with Crippen LogP contribution in [0.1, 0.15) is 18.9 Å². The predicted molar refractivity (Wildman–Crippen MR) is 60.5 cm³/mol. The molecule has 88 valence electrons. The quantitative estimate of drug-likeness (QED) is 0.728. The normalized spacial score (nSPS) is 18.8. The number of rotatable bonds is 3. The van der Waals surface area contributed by atoms with Crippen LogP contribution in [0, 0.1) is 0 Å². The van der Waals surface area contributed by atoms with Crippen LogP contribution < -0.4 is 11.5 Å². The van der Waals surface area contributed by atoms with Crippen LogP contribution in [0.5, 0.6) is 0 Å². The van der Waals surface area contributed by atoms with E-state index in [0.29, 0.717) is 18.4 Å². The molecule has 2 heterocycles. The molecule has 0 radical (unpaired) electrons. The third-order valence-corrected chi connectivity index (χ3v) is 2.94. The van der Waals surface area contributed by atoms with E-state index < -0.39 is 0 Å². The Hall–Kier alpha value is -1.56. The molecular formula is C10H17N5O. The van der Waals surface area contributed by atoms with Crippen LogP contribution in [0.4, 0.5) is 5.82 Å². The lowest BCUT2D eigenvalue weighted by Crippen LogP contribution is -2.40. The van der Waals surface area contributed by atoms with E-state index in [4.69, 9.17) is 11.5 Å². The van der Waals surface area contributed by atoms with E-state index in [1.807, 2.05) is 10.9 Å². The zero-order valence-corrected chi connectivity index (χ0v) is 9.17. The molecule has 4 N–H and O–H groups in total. The van der Waals surface area contributed by atoms with Crippen LogP contribution in [0.2, 0.25) is 0 Å². The summed E-state index contributed by atoms with van der Waals surface area (Å²) in [5, 5.41) is 4.20. The SMILES string of the molecule is NC(=O)CN1CCC(n2ccc(N)n2)CC1. The number of likely N-dealkylation sites (tertiary alicyclic amines) is 1. The average molecular weight is 223 g/mol. The van der Waals surface area contributed by atoms with Gasteiger partial charge < -0.3 is 11.5 Å². The van der Waals surface area contributed by atoms with Gasteiger partial charge in [-0.3, -0.25) is 14.4 Å². The highest BCUT2D eigenvalue weighted by Gasteiger charge is 2.21. The van der Waals surface area contributed by atoms with Gasteiger partial charge in [-0.1, -0.05) is 0 Å². The summed E-state index contributed by atoms with van der Waals surface area (Å²) in [4.78, 5) is 12.8. The molecule has 0 spiro atoms. The molecule has 0 atom stereocenters. The Morgan fingerprint density at radius 1 is 1.50 bits per heavy atom. The highest BCUT2D eigenvalue weighted by molar-refractivity contribution is 5.75. The van der Waals surface area contributed by atoms with Crippen LogP contribution in [0.25, 0.3) is 0 Å². The first-order chi connectivity index (χ1) is 7.65. The maximum atomic E-state index is 10.8. The van der Waals surface area contributed by atoms with Crippen LogP contribution in [0.15, 0.2) is 12.3 Å². The van der Waals surface area contributed by atoms with E-state index in [-0.39, 0.29) is 5.91 Å². The summed E-state index contributed by atoms with van der Waals surface area (Å²) in [7, 11) is 0. The number of carbonyl (C=O) groups excluding carboxylic acids is 1. The lowest BCUT2D eigenvalue weighted by atomic mass is 10.1. The summed E-state index contributed by atoms with van der Waals surface area (Å²) >= 11 is 0. The molecule has 1 fully saturated rings. The fourth-order valence-electron chi connectivity index (χ4n) is 2.12. The molecule has 1 aromatic rings. The molecule has 0 bridgehead atoms. The number of amides is 1. The van der Waals surface area contributed by atoms with Gasteiger partial charge in [0, 0.05) is 19.3 Å². The molecule has 1 aromatic heterocycles. The van der Waals surface area contributed by atoms with Crippen molar-refractivity contribution in [2.45, 2.75) is 18.9 Å². The first-order valence-corrected chi connectivity index (χ1v) is 5.46. The van der Waals surface area contributed by atoms with E-state index in [1.54, 1.807) is 6.07 Å². The monoisotopic (exact) mass is 223 g/mol. The second-order valence-electron chi connectivity index (χ2n) is 4.19. The smallest absolute Gasteiger partial charge is 0.231 e. The van der Waals surface area contributed by atoms with Crippen molar-refractivity contribution < 1.29 is 4.79 Å². The Labute approximate surface area is 94.2 Å². The molecule has 2 rings (SSSR count). The van der Waals surface area contributed by atoms with E-state index in [0.717, 1.165) is 25.9 Å². The predicted octanol–water partition coefficient (Wildman–Crippen LogP) is -0.413. The Balaban J connectivity index is 1.87. The molecule has 6 nitrogen and oxygen atoms in total. The minimum absolute atomic E-state index is 0.262. The van der Waals surface area contributed by atoms with Gasteiger partial charge in [0.15, 0.2) is 0 Å². The number of hydrogen-bond acceptors (Lipinski definition) is 4. The lowest BCUT2D eigenvalue weighted by Gasteiger charge is -2.31. The molecule has 16 heavy (non-hydrogen) atoms. The summed E-state index contributed by atoms with van der Waals surface area (Å²) in [6, 6.07) is 2.19.